The third-order valence-corrected chi connectivity index (χ3v) is 11.5. The van der Waals surface area contributed by atoms with Gasteiger partial charge >= 0.3 is 0 Å². The molecule has 296 valence electrons. The van der Waals surface area contributed by atoms with Gasteiger partial charge in [0.15, 0.2) is 11.4 Å². The number of benzene rings is 2. The van der Waals surface area contributed by atoms with Crippen LogP contribution in [0.25, 0.3) is 0 Å². The van der Waals surface area contributed by atoms with Crippen LogP contribution < -0.4 is 20.1 Å². The maximum atomic E-state index is 14.9. The molecule has 2 aromatic carbocycles. The molecule has 2 saturated carbocycles. The molecule has 3 fully saturated rings. The number of ketones is 2. The monoisotopic (exact) mass is 756 g/mol. The number of carbonyl (C=O) groups excluding carboxylic acids is 5. The van der Waals surface area contributed by atoms with Crippen molar-refractivity contribution in [3.05, 3.63) is 58.7 Å². The number of likely N-dealkylation sites (tertiary alicyclic amines) is 1. The van der Waals surface area contributed by atoms with E-state index in [4.69, 9.17) is 14.3 Å². The van der Waals surface area contributed by atoms with Crippen LogP contribution in [-0.2, 0) is 28.8 Å². The number of rotatable bonds is 15. The van der Waals surface area contributed by atoms with Gasteiger partial charge in [-0.15, -0.1) is 0 Å². The molecule has 12 heteroatoms. The minimum absolute atomic E-state index is 0.0374. The highest BCUT2D eigenvalue weighted by atomic mass is 16.7. The number of methoxy groups -OCH3 is 1. The van der Waals surface area contributed by atoms with Gasteiger partial charge in [-0.05, 0) is 85.8 Å². The van der Waals surface area contributed by atoms with E-state index >= 15 is 0 Å². The van der Waals surface area contributed by atoms with Crippen molar-refractivity contribution >= 4 is 35.0 Å². The Balaban J connectivity index is 1.27. The maximum absolute atomic E-state index is 14.9. The highest BCUT2D eigenvalue weighted by Crippen LogP contribution is 2.51. The zero-order valence-electron chi connectivity index (χ0n) is 33.5. The van der Waals surface area contributed by atoms with Crippen LogP contribution in [0.4, 0.5) is 0 Å². The number of nitrogens with one attached hydrogen (secondary N) is 2. The Morgan fingerprint density at radius 3 is 2.33 bits per heavy atom. The summed E-state index contributed by atoms with van der Waals surface area (Å²) in [7, 11) is 1.61. The fourth-order valence-electron chi connectivity index (χ4n) is 8.19. The van der Waals surface area contributed by atoms with E-state index in [1.165, 1.54) is 4.90 Å². The summed E-state index contributed by atoms with van der Waals surface area (Å²) in [5.41, 5.74) is 2.67. The minimum Gasteiger partial charge on any atom is -0.496 e. The van der Waals surface area contributed by atoms with Crippen molar-refractivity contribution in [1.29, 1.82) is 0 Å². The summed E-state index contributed by atoms with van der Waals surface area (Å²) >= 11 is 0. The molecule has 2 aliphatic carbocycles. The van der Waals surface area contributed by atoms with Crippen molar-refractivity contribution in [2.75, 3.05) is 20.3 Å². The van der Waals surface area contributed by atoms with Gasteiger partial charge in [-0.1, -0.05) is 63.9 Å². The number of hydrogen-bond donors (Lipinski definition) is 2. The predicted octanol–water partition coefficient (Wildman–Crippen LogP) is 5.34. The van der Waals surface area contributed by atoms with Gasteiger partial charge in [-0.3, -0.25) is 24.0 Å². The quantitative estimate of drug-likeness (QED) is 0.231. The molecule has 6 rings (SSSR count). The molecule has 12 nitrogen and oxygen atoms in total. The molecule has 1 spiro atoms. The molecule has 2 heterocycles. The molecular formula is C43H56N4O8. The molecule has 2 aromatic rings. The topological polar surface area (TPSA) is 153 Å². The fourth-order valence-corrected chi connectivity index (χ4v) is 8.19. The zero-order valence-corrected chi connectivity index (χ0v) is 33.5. The minimum atomic E-state index is -1.04. The van der Waals surface area contributed by atoms with Crippen LogP contribution in [0.15, 0.2) is 41.6 Å². The third kappa shape index (κ3) is 8.58. The number of hydrogen-bond acceptors (Lipinski definition) is 9. The highest BCUT2D eigenvalue weighted by molar-refractivity contribution is 6.39. The summed E-state index contributed by atoms with van der Waals surface area (Å²) in [6, 6.07) is 8.64. The number of Topliss-reactive ketones (excluding diaryl/α,β-unsaturated/α-hetero) is 2. The SMILES string of the molecule is CCOc1c(C)cc(C2=NO[C@]3(C2)C[C@@H](C(=O)N[C@@H](CC2CC2)C(=O)C(=O)CC)N(C(=O)[C@@H](NC(=O)[C@@H]2C[C@H]2c2ccccc2OC)C(C)(C)C)C3)cc1C. The van der Waals surface area contributed by atoms with Crippen molar-refractivity contribution in [2.24, 2.45) is 22.4 Å². The molecule has 1 saturated heterocycles. The average molecular weight is 757 g/mol. The summed E-state index contributed by atoms with van der Waals surface area (Å²) in [4.78, 5) is 76.6. The van der Waals surface area contributed by atoms with Gasteiger partial charge in [-0.25, -0.2) is 0 Å². The summed E-state index contributed by atoms with van der Waals surface area (Å²) in [5, 5.41) is 10.5. The summed E-state index contributed by atoms with van der Waals surface area (Å²) in [6.07, 6.45) is 3.35. The number of aryl methyl sites for hydroxylation is 2. The lowest BCUT2D eigenvalue weighted by molar-refractivity contribution is -0.145. The number of amides is 3. The first-order valence-electron chi connectivity index (χ1n) is 19.7. The molecule has 2 N–H and O–H groups in total. The molecule has 6 atom stereocenters. The average Bonchev–Trinajstić information content (AvgIpc) is 4.08. The molecule has 2 aliphatic heterocycles. The second kappa shape index (κ2) is 15.8. The van der Waals surface area contributed by atoms with Crippen LogP contribution in [0.1, 0.15) is 108 Å². The second-order valence-corrected chi connectivity index (χ2v) is 16.9. The Hall–Kier alpha value is -4.74. The Morgan fingerprint density at radius 1 is 1.02 bits per heavy atom. The van der Waals surface area contributed by atoms with Crippen LogP contribution in [-0.4, -0.2) is 83.9 Å². The molecule has 0 aromatic heterocycles. The summed E-state index contributed by atoms with van der Waals surface area (Å²) in [5.74, 6) is -0.934. The Bertz CT molecular complexity index is 1860. The maximum Gasteiger partial charge on any atom is 0.246 e. The van der Waals surface area contributed by atoms with Crippen molar-refractivity contribution < 1.29 is 38.3 Å². The van der Waals surface area contributed by atoms with Crippen LogP contribution in [0.3, 0.4) is 0 Å². The summed E-state index contributed by atoms with van der Waals surface area (Å²) in [6.45, 7) is 13.8. The normalized spacial score (nSPS) is 24.0. The lowest BCUT2D eigenvalue weighted by Gasteiger charge is -2.35. The Labute approximate surface area is 324 Å². The smallest absolute Gasteiger partial charge is 0.246 e. The van der Waals surface area contributed by atoms with E-state index in [0.29, 0.717) is 31.6 Å². The molecule has 0 unspecified atom stereocenters. The number of para-hydroxylation sites is 1. The van der Waals surface area contributed by atoms with Crippen LogP contribution in [0.2, 0.25) is 0 Å². The Kier molecular flexibility index (Phi) is 11.5. The van der Waals surface area contributed by atoms with E-state index in [9.17, 15) is 24.0 Å². The van der Waals surface area contributed by atoms with Crippen molar-refractivity contribution in [3.8, 4) is 11.5 Å². The summed E-state index contributed by atoms with van der Waals surface area (Å²) < 4.78 is 11.4. The first-order valence-corrected chi connectivity index (χ1v) is 19.7. The first kappa shape index (κ1) is 39.9. The van der Waals surface area contributed by atoms with Crippen LogP contribution in [0.5, 0.6) is 11.5 Å². The number of oxime groups is 1. The molecule has 3 amide bonds. The molecule has 0 radical (unpaired) electrons. The molecule has 0 bridgehead atoms. The molecule has 55 heavy (non-hydrogen) atoms. The van der Waals surface area contributed by atoms with E-state index in [0.717, 1.165) is 46.6 Å². The second-order valence-electron chi connectivity index (χ2n) is 16.9. The van der Waals surface area contributed by atoms with E-state index in [-0.39, 0.29) is 43.0 Å². The van der Waals surface area contributed by atoms with E-state index < -0.39 is 52.5 Å². The Morgan fingerprint density at radius 2 is 1.71 bits per heavy atom. The number of carbonyl (C=O) groups is 5. The van der Waals surface area contributed by atoms with E-state index in [1.54, 1.807) is 14.0 Å². The molecule has 4 aliphatic rings. The highest BCUT2D eigenvalue weighted by Gasteiger charge is 2.56. The van der Waals surface area contributed by atoms with Crippen LogP contribution in [0, 0.1) is 31.1 Å². The van der Waals surface area contributed by atoms with Crippen molar-refractivity contribution in [1.82, 2.24) is 15.5 Å². The number of ether oxygens (including phenoxy) is 2. The largest absolute Gasteiger partial charge is 0.496 e. The van der Waals surface area contributed by atoms with Crippen molar-refractivity contribution in [3.63, 3.8) is 0 Å². The van der Waals surface area contributed by atoms with Gasteiger partial charge in [0.25, 0.3) is 0 Å². The third-order valence-electron chi connectivity index (χ3n) is 11.5. The van der Waals surface area contributed by atoms with Gasteiger partial charge in [0, 0.05) is 30.7 Å². The van der Waals surface area contributed by atoms with Gasteiger partial charge in [-0.2, -0.15) is 0 Å². The number of nitrogens with zero attached hydrogens (tertiary/aromatic N) is 2. The van der Waals surface area contributed by atoms with E-state index in [2.05, 4.69) is 15.8 Å². The lowest BCUT2D eigenvalue weighted by Crippen LogP contribution is -2.59. The van der Waals surface area contributed by atoms with Gasteiger partial charge in [0.05, 0.1) is 32.0 Å². The first-order chi connectivity index (χ1) is 26.1. The van der Waals surface area contributed by atoms with Gasteiger partial charge < -0.3 is 29.8 Å². The molecular weight excluding hydrogens is 700 g/mol. The van der Waals surface area contributed by atoms with E-state index in [1.807, 2.05) is 77.9 Å². The fraction of sp³-hybridized carbons (Fsp3) is 0.581. The predicted molar refractivity (Wildman–Crippen MR) is 207 cm³/mol. The van der Waals surface area contributed by atoms with Gasteiger partial charge in [0.1, 0.15) is 23.6 Å². The van der Waals surface area contributed by atoms with Crippen LogP contribution >= 0.6 is 0 Å². The lowest BCUT2D eigenvalue weighted by atomic mass is 9.85. The zero-order chi connectivity index (χ0) is 39.8. The standard InChI is InChI=1S/C43H56N4O8/c1-9-34(48)36(49)31(19-26-15-16-26)44-40(51)33-22-43(21-32(46-55-43)27-17-24(3)37(54-10-2)25(4)18-27)23-47(33)41(52)38(42(5,6)7)45-39(50)30-20-29(30)28-13-11-12-14-35(28)53-8/h11-14,17-18,26,29-31,33,38H,9-10,15-16,19-23H2,1-8H3,(H,44,51)(H,45,50)/t29-,30+,31-,33-,38+,43+/m0/s1. The van der Waals surface area contributed by atoms with Gasteiger partial charge in [0.2, 0.25) is 23.5 Å². The van der Waals surface area contributed by atoms with Crippen molar-refractivity contribution in [2.45, 2.75) is 123 Å².